The Bertz CT molecular complexity index is 863. The van der Waals surface area contributed by atoms with E-state index in [1.165, 1.54) is 23.9 Å². The second-order valence-corrected chi connectivity index (χ2v) is 8.87. The van der Waals surface area contributed by atoms with Gasteiger partial charge in [0, 0.05) is 23.4 Å². The Hall–Kier alpha value is -2.05. The van der Waals surface area contributed by atoms with Crippen LogP contribution in [0.1, 0.15) is 44.7 Å². The summed E-state index contributed by atoms with van der Waals surface area (Å²) in [6.07, 6.45) is 1.31. The highest BCUT2D eigenvalue weighted by Crippen LogP contribution is 2.21. The van der Waals surface area contributed by atoms with E-state index >= 15 is 0 Å². The van der Waals surface area contributed by atoms with Crippen LogP contribution in [0.5, 0.6) is 0 Å². The van der Waals surface area contributed by atoms with Crippen LogP contribution in [-0.4, -0.2) is 34.6 Å². The van der Waals surface area contributed by atoms with Crippen molar-refractivity contribution in [3.63, 3.8) is 0 Å². The fourth-order valence-electron chi connectivity index (χ4n) is 3.09. The molecule has 0 aliphatic heterocycles. The lowest BCUT2D eigenvalue weighted by atomic mass is 10.1. The first kappa shape index (κ1) is 25.2. The summed E-state index contributed by atoms with van der Waals surface area (Å²) in [6.45, 7) is 6.12. The Balaban J connectivity index is 2.14. The third-order valence-corrected chi connectivity index (χ3v) is 6.45. The second kappa shape index (κ2) is 12.7. The lowest BCUT2D eigenvalue weighted by Crippen LogP contribution is -2.51. The molecule has 168 valence electrons. The standard InChI is InChI=1S/C24H30ClFN2O2S/c1-4-17(3)27-24(30)22(5-2)28(14-19-8-6-7-9-21(19)25)23(29)16-31-15-18-10-12-20(26)13-11-18/h6-13,17,22H,4-5,14-16H2,1-3H3,(H,27,30)/t17-,22-/m1/s1. The van der Waals surface area contributed by atoms with Crippen LogP contribution < -0.4 is 5.32 Å². The Morgan fingerprint density at radius 3 is 2.39 bits per heavy atom. The Labute approximate surface area is 193 Å². The quantitative estimate of drug-likeness (QED) is 0.482. The summed E-state index contributed by atoms with van der Waals surface area (Å²) in [5, 5.41) is 3.56. The van der Waals surface area contributed by atoms with Gasteiger partial charge in [0.05, 0.1) is 5.75 Å². The molecule has 31 heavy (non-hydrogen) atoms. The molecule has 0 radical (unpaired) electrons. The van der Waals surface area contributed by atoms with Crippen LogP contribution in [0, 0.1) is 5.82 Å². The van der Waals surface area contributed by atoms with Crippen molar-refractivity contribution in [2.75, 3.05) is 5.75 Å². The van der Waals surface area contributed by atoms with Gasteiger partial charge in [-0.1, -0.05) is 55.8 Å². The number of benzene rings is 2. The summed E-state index contributed by atoms with van der Waals surface area (Å²) in [5.74, 6) is 0.240. The monoisotopic (exact) mass is 464 g/mol. The van der Waals surface area contributed by atoms with Crippen molar-refractivity contribution in [1.29, 1.82) is 0 Å². The molecule has 7 heteroatoms. The molecular weight excluding hydrogens is 435 g/mol. The lowest BCUT2D eigenvalue weighted by molar-refractivity contribution is -0.139. The van der Waals surface area contributed by atoms with Gasteiger partial charge in [0.1, 0.15) is 11.9 Å². The van der Waals surface area contributed by atoms with Crippen molar-refractivity contribution in [3.8, 4) is 0 Å². The topological polar surface area (TPSA) is 49.4 Å². The molecule has 0 aliphatic carbocycles. The number of carbonyl (C=O) groups excluding carboxylic acids is 2. The van der Waals surface area contributed by atoms with Crippen molar-refractivity contribution in [1.82, 2.24) is 10.2 Å². The van der Waals surface area contributed by atoms with Crippen molar-refractivity contribution >= 4 is 35.2 Å². The molecule has 0 heterocycles. The maximum absolute atomic E-state index is 13.2. The highest BCUT2D eigenvalue weighted by molar-refractivity contribution is 7.99. The molecular formula is C24H30ClFN2O2S. The average Bonchev–Trinajstić information content (AvgIpc) is 2.76. The number of amides is 2. The molecule has 0 unspecified atom stereocenters. The van der Waals surface area contributed by atoms with Gasteiger partial charge in [0.15, 0.2) is 0 Å². The minimum absolute atomic E-state index is 0.0340. The predicted molar refractivity (Wildman–Crippen MR) is 127 cm³/mol. The third-order valence-electron chi connectivity index (χ3n) is 5.09. The molecule has 1 N–H and O–H groups in total. The van der Waals surface area contributed by atoms with E-state index in [0.717, 1.165) is 17.5 Å². The van der Waals surface area contributed by atoms with Gasteiger partial charge in [-0.05, 0) is 49.1 Å². The van der Waals surface area contributed by atoms with Crippen LogP contribution in [0.3, 0.4) is 0 Å². The molecule has 0 saturated carbocycles. The van der Waals surface area contributed by atoms with E-state index in [9.17, 15) is 14.0 Å². The van der Waals surface area contributed by atoms with Gasteiger partial charge in [-0.3, -0.25) is 9.59 Å². The summed E-state index contributed by atoms with van der Waals surface area (Å²) < 4.78 is 13.1. The van der Waals surface area contributed by atoms with Crippen LogP contribution in [0.2, 0.25) is 5.02 Å². The zero-order valence-corrected chi connectivity index (χ0v) is 19.8. The van der Waals surface area contributed by atoms with Gasteiger partial charge in [-0.25, -0.2) is 4.39 Å². The van der Waals surface area contributed by atoms with Gasteiger partial charge in [-0.15, -0.1) is 11.8 Å². The largest absolute Gasteiger partial charge is 0.352 e. The van der Waals surface area contributed by atoms with Gasteiger partial charge < -0.3 is 10.2 Å². The molecule has 2 amide bonds. The van der Waals surface area contributed by atoms with E-state index in [2.05, 4.69) is 5.32 Å². The summed E-state index contributed by atoms with van der Waals surface area (Å²) in [4.78, 5) is 27.7. The van der Waals surface area contributed by atoms with Crippen molar-refractivity contribution in [2.24, 2.45) is 0 Å². The number of halogens is 2. The Morgan fingerprint density at radius 1 is 1.10 bits per heavy atom. The highest BCUT2D eigenvalue weighted by Gasteiger charge is 2.29. The first-order valence-electron chi connectivity index (χ1n) is 10.5. The number of nitrogens with one attached hydrogen (secondary N) is 1. The van der Waals surface area contributed by atoms with Crippen LogP contribution in [0.15, 0.2) is 48.5 Å². The summed E-state index contributed by atoms with van der Waals surface area (Å²) in [5.41, 5.74) is 1.74. The van der Waals surface area contributed by atoms with Gasteiger partial charge in [-0.2, -0.15) is 0 Å². The molecule has 0 spiro atoms. The zero-order valence-electron chi connectivity index (χ0n) is 18.2. The molecule has 0 aliphatic rings. The number of hydrogen-bond donors (Lipinski definition) is 1. The summed E-state index contributed by atoms with van der Waals surface area (Å²) >= 11 is 7.77. The molecule has 0 aromatic heterocycles. The Morgan fingerprint density at radius 2 is 1.77 bits per heavy atom. The fraction of sp³-hybridized carbons (Fsp3) is 0.417. The molecule has 0 fully saturated rings. The van der Waals surface area contributed by atoms with Gasteiger partial charge >= 0.3 is 0 Å². The predicted octanol–water partition coefficient (Wildman–Crippen LogP) is 5.43. The summed E-state index contributed by atoms with van der Waals surface area (Å²) in [7, 11) is 0. The maximum Gasteiger partial charge on any atom is 0.243 e. The molecule has 2 rings (SSSR count). The number of carbonyl (C=O) groups is 2. The zero-order chi connectivity index (χ0) is 22.8. The van der Waals surface area contributed by atoms with E-state index in [4.69, 9.17) is 11.6 Å². The molecule has 4 nitrogen and oxygen atoms in total. The van der Waals surface area contributed by atoms with Gasteiger partial charge in [0.25, 0.3) is 0 Å². The first-order valence-corrected chi connectivity index (χ1v) is 12.0. The van der Waals surface area contributed by atoms with Crippen LogP contribution in [-0.2, 0) is 21.9 Å². The molecule has 2 atom stereocenters. The minimum atomic E-state index is -0.579. The third kappa shape index (κ3) is 7.86. The van der Waals surface area contributed by atoms with Crippen molar-refractivity contribution in [3.05, 3.63) is 70.5 Å². The SMILES string of the molecule is CC[C@@H](C)NC(=O)[C@@H](CC)N(Cc1ccccc1Cl)C(=O)CSCc1ccc(F)cc1. The fourth-order valence-corrected chi connectivity index (χ4v) is 4.16. The van der Waals surface area contributed by atoms with Crippen LogP contribution >= 0.6 is 23.4 Å². The molecule has 0 bridgehead atoms. The smallest absolute Gasteiger partial charge is 0.243 e. The number of hydrogen-bond acceptors (Lipinski definition) is 3. The molecule has 2 aromatic carbocycles. The van der Waals surface area contributed by atoms with E-state index in [1.807, 2.05) is 39.0 Å². The first-order chi connectivity index (χ1) is 14.8. The second-order valence-electron chi connectivity index (χ2n) is 7.47. The number of nitrogens with zero attached hydrogens (tertiary/aromatic N) is 1. The van der Waals surface area contributed by atoms with E-state index in [1.54, 1.807) is 23.1 Å². The lowest BCUT2D eigenvalue weighted by Gasteiger charge is -2.31. The van der Waals surface area contributed by atoms with E-state index in [-0.39, 0.29) is 36.0 Å². The Kier molecular flexibility index (Phi) is 10.3. The van der Waals surface area contributed by atoms with Crippen molar-refractivity contribution in [2.45, 2.75) is 58.0 Å². The van der Waals surface area contributed by atoms with E-state index < -0.39 is 6.04 Å². The van der Waals surface area contributed by atoms with E-state index in [0.29, 0.717) is 17.2 Å². The van der Waals surface area contributed by atoms with Crippen LogP contribution in [0.25, 0.3) is 0 Å². The van der Waals surface area contributed by atoms with Crippen molar-refractivity contribution < 1.29 is 14.0 Å². The molecule has 0 saturated heterocycles. The van der Waals surface area contributed by atoms with Gasteiger partial charge in [0.2, 0.25) is 11.8 Å². The molecule has 2 aromatic rings. The minimum Gasteiger partial charge on any atom is -0.352 e. The summed E-state index contributed by atoms with van der Waals surface area (Å²) in [6, 6.07) is 13.1. The normalized spacial score (nSPS) is 12.8. The van der Waals surface area contributed by atoms with Crippen LogP contribution in [0.4, 0.5) is 4.39 Å². The number of rotatable bonds is 11. The maximum atomic E-state index is 13.2. The average molecular weight is 465 g/mol. The highest BCUT2D eigenvalue weighted by atomic mass is 35.5. The number of thioether (sulfide) groups is 1.